The molecule has 2 atom stereocenters. The highest BCUT2D eigenvalue weighted by Crippen LogP contribution is 2.44. The van der Waals surface area contributed by atoms with Gasteiger partial charge in [0.25, 0.3) is 0 Å². The van der Waals surface area contributed by atoms with Gasteiger partial charge in [-0.25, -0.2) is 4.68 Å². The van der Waals surface area contributed by atoms with Gasteiger partial charge in [0, 0.05) is 24.2 Å². The predicted molar refractivity (Wildman–Crippen MR) is 75.7 cm³/mol. The first kappa shape index (κ1) is 15.4. The molecule has 3 heterocycles. The average molecular weight is 324 g/mol. The van der Waals surface area contributed by atoms with E-state index in [1.54, 1.807) is 10.9 Å². The molecule has 2 aromatic rings. The molecule has 0 aromatic carbocycles. The Labute approximate surface area is 130 Å². The van der Waals surface area contributed by atoms with Gasteiger partial charge in [-0.05, 0) is 13.8 Å². The predicted octanol–water partition coefficient (Wildman–Crippen LogP) is 2.94. The van der Waals surface area contributed by atoms with Crippen LogP contribution in [0.1, 0.15) is 42.2 Å². The van der Waals surface area contributed by atoms with Gasteiger partial charge in [0.2, 0.25) is 0 Å². The molecule has 0 saturated heterocycles. The number of hydrogen-bond donors (Lipinski definition) is 1. The Morgan fingerprint density at radius 2 is 2.13 bits per heavy atom. The lowest BCUT2D eigenvalue weighted by atomic mass is 9.97. The third-order valence-corrected chi connectivity index (χ3v) is 4.17. The van der Waals surface area contributed by atoms with E-state index in [2.05, 4.69) is 15.5 Å². The number of nitrogens with one attached hydrogen (secondary N) is 1. The van der Waals surface area contributed by atoms with Crippen molar-refractivity contribution in [2.75, 3.05) is 5.32 Å². The molecule has 0 unspecified atom stereocenters. The lowest BCUT2D eigenvalue weighted by molar-refractivity contribution is -0.173. The zero-order chi connectivity index (χ0) is 16.8. The SMILES string of the molecule is CCn1ncc([C@H]2C[C@H](C(F)(F)F)n3ncc(C#N)c3N2)c1C. The maximum Gasteiger partial charge on any atom is 0.410 e. The summed E-state index contributed by atoms with van der Waals surface area (Å²) in [5.74, 6) is 0.106. The molecular formula is C14H15F3N6. The molecule has 1 N–H and O–H groups in total. The molecule has 1 aliphatic rings. The monoisotopic (exact) mass is 324 g/mol. The van der Waals surface area contributed by atoms with Gasteiger partial charge in [-0.3, -0.25) is 4.68 Å². The minimum Gasteiger partial charge on any atom is -0.362 e. The van der Waals surface area contributed by atoms with E-state index in [0.717, 1.165) is 16.6 Å². The van der Waals surface area contributed by atoms with Crippen LogP contribution in [-0.2, 0) is 6.54 Å². The van der Waals surface area contributed by atoms with Crippen LogP contribution in [0.2, 0.25) is 0 Å². The van der Waals surface area contributed by atoms with Crippen molar-refractivity contribution in [3.8, 4) is 6.07 Å². The van der Waals surface area contributed by atoms with E-state index in [1.807, 2.05) is 19.9 Å². The number of hydrogen-bond acceptors (Lipinski definition) is 4. The summed E-state index contributed by atoms with van der Waals surface area (Å²) in [6.07, 6.45) is -1.89. The number of halogens is 3. The Bertz CT molecular complexity index is 767. The van der Waals surface area contributed by atoms with Crippen molar-refractivity contribution in [3.05, 3.63) is 29.2 Å². The smallest absolute Gasteiger partial charge is 0.362 e. The minimum absolute atomic E-state index is 0.101. The van der Waals surface area contributed by atoms with Gasteiger partial charge in [-0.1, -0.05) is 0 Å². The Balaban J connectivity index is 2.06. The van der Waals surface area contributed by atoms with Gasteiger partial charge < -0.3 is 5.32 Å². The molecular weight excluding hydrogens is 309 g/mol. The van der Waals surface area contributed by atoms with Gasteiger partial charge in [0.15, 0.2) is 6.04 Å². The van der Waals surface area contributed by atoms with Crippen LogP contribution in [0.3, 0.4) is 0 Å². The second-order valence-electron chi connectivity index (χ2n) is 5.45. The van der Waals surface area contributed by atoms with Crippen LogP contribution < -0.4 is 5.32 Å². The number of rotatable bonds is 2. The highest BCUT2D eigenvalue weighted by molar-refractivity contribution is 5.54. The summed E-state index contributed by atoms with van der Waals surface area (Å²) in [6, 6.07) is -0.463. The largest absolute Gasteiger partial charge is 0.410 e. The van der Waals surface area contributed by atoms with Crippen LogP contribution >= 0.6 is 0 Å². The summed E-state index contributed by atoms with van der Waals surface area (Å²) >= 11 is 0. The van der Waals surface area contributed by atoms with Crippen LogP contribution in [0.4, 0.5) is 19.0 Å². The molecule has 0 saturated carbocycles. The van der Waals surface area contributed by atoms with Gasteiger partial charge in [0.05, 0.1) is 18.4 Å². The summed E-state index contributed by atoms with van der Waals surface area (Å²) in [7, 11) is 0. The fourth-order valence-corrected chi connectivity index (χ4v) is 2.97. The van der Waals surface area contributed by atoms with E-state index in [4.69, 9.17) is 5.26 Å². The molecule has 9 heteroatoms. The fourth-order valence-electron chi connectivity index (χ4n) is 2.97. The van der Waals surface area contributed by atoms with Crippen molar-refractivity contribution in [3.63, 3.8) is 0 Å². The molecule has 0 fully saturated rings. The minimum atomic E-state index is -4.44. The van der Waals surface area contributed by atoms with E-state index in [-0.39, 0.29) is 17.8 Å². The molecule has 0 spiro atoms. The average Bonchev–Trinajstić information content (AvgIpc) is 3.07. The molecule has 2 aromatic heterocycles. The Morgan fingerprint density at radius 3 is 2.70 bits per heavy atom. The summed E-state index contributed by atoms with van der Waals surface area (Å²) in [6.45, 7) is 4.38. The highest BCUT2D eigenvalue weighted by atomic mass is 19.4. The highest BCUT2D eigenvalue weighted by Gasteiger charge is 2.47. The lowest BCUT2D eigenvalue weighted by Gasteiger charge is -2.33. The molecule has 122 valence electrons. The Morgan fingerprint density at radius 1 is 1.39 bits per heavy atom. The molecule has 0 aliphatic carbocycles. The molecule has 23 heavy (non-hydrogen) atoms. The van der Waals surface area contributed by atoms with Crippen LogP contribution in [0.25, 0.3) is 0 Å². The normalized spacial score (nSPS) is 20.7. The van der Waals surface area contributed by atoms with Crippen LogP contribution in [0.5, 0.6) is 0 Å². The van der Waals surface area contributed by atoms with Crippen molar-refractivity contribution >= 4 is 5.82 Å². The maximum absolute atomic E-state index is 13.4. The lowest BCUT2D eigenvalue weighted by Crippen LogP contribution is -2.36. The number of nitriles is 1. The van der Waals surface area contributed by atoms with E-state index in [0.29, 0.717) is 12.1 Å². The molecule has 0 amide bonds. The Kier molecular flexibility index (Phi) is 3.55. The van der Waals surface area contributed by atoms with Crippen molar-refractivity contribution in [2.45, 2.75) is 45.1 Å². The second-order valence-corrected chi connectivity index (χ2v) is 5.45. The third-order valence-electron chi connectivity index (χ3n) is 4.17. The van der Waals surface area contributed by atoms with Crippen molar-refractivity contribution < 1.29 is 13.2 Å². The zero-order valence-electron chi connectivity index (χ0n) is 12.6. The first-order valence-corrected chi connectivity index (χ1v) is 7.20. The summed E-state index contributed by atoms with van der Waals surface area (Å²) in [4.78, 5) is 0. The maximum atomic E-state index is 13.4. The molecule has 0 radical (unpaired) electrons. The fraction of sp³-hybridized carbons (Fsp3) is 0.500. The standard InChI is InChI=1S/C14H15F3N6/c1-3-22-8(2)10(7-19-22)11-4-12(14(15,16)17)23-13(21-11)9(5-18)6-20-23/h6-7,11-12,21H,3-4H2,1-2H3/t11-,12-/m1/s1. The second kappa shape index (κ2) is 5.30. The van der Waals surface area contributed by atoms with E-state index < -0.39 is 18.3 Å². The van der Waals surface area contributed by atoms with Crippen molar-refractivity contribution in [2.24, 2.45) is 0 Å². The quantitative estimate of drug-likeness (QED) is 0.922. The molecule has 0 bridgehead atoms. The van der Waals surface area contributed by atoms with Crippen LogP contribution in [0, 0.1) is 18.3 Å². The van der Waals surface area contributed by atoms with Gasteiger partial charge in [-0.2, -0.15) is 28.6 Å². The number of alkyl halides is 3. The number of aryl methyl sites for hydroxylation is 1. The number of anilines is 1. The number of aromatic nitrogens is 4. The molecule has 6 nitrogen and oxygen atoms in total. The summed E-state index contributed by atoms with van der Waals surface area (Å²) in [5.41, 5.74) is 1.62. The number of fused-ring (bicyclic) bond motifs is 1. The van der Waals surface area contributed by atoms with E-state index in [1.165, 1.54) is 0 Å². The van der Waals surface area contributed by atoms with Gasteiger partial charge >= 0.3 is 6.18 Å². The van der Waals surface area contributed by atoms with Gasteiger partial charge in [0.1, 0.15) is 17.5 Å². The molecule has 1 aliphatic heterocycles. The van der Waals surface area contributed by atoms with Crippen LogP contribution in [-0.4, -0.2) is 25.7 Å². The zero-order valence-corrected chi connectivity index (χ0v) is 12.6. The van der Waals surface area contributed by atoms with Crippen molar-refractivity contribution in [1.29, 1.82) is 5.26 Å². The van der Waals surface area contributed by atoms with Crippen LogP contribution in [0.15, 0.2) is 12.4 Å². The molecule has 3 rings (SSSR count). The number of nitrogens with zero attached hydrogens (tertiary/aromatic N) is 5. The van der Waals surface area contributed by atoms with Crippen molar-refractivity contribution in [1.82, 2.24) is 19.6 Å². The Hall–Kier alpha value is -2.50. The summed E-state index contributed by atoms with van der Waals surface area (Å²) in [5, 5.41) is 20.0. The summed E-state index contributed by atoms with van der Waals surface area (Å²) < 4.78 is 42.8. The third kappa shape index (κ3) is 2.44. The van der Waals surface area contributed by atoms with E-state index >= 15 is 0 Å². The van der Waals surface area contributed by atoms with E-state index in [9.17, 15) is 13.2 Å². The van der Waals surface area contributed by atoms with Gasteiger partial charge in [-0.15, -0.1) is 0 Å². The first-order valence-electron chi connectivity index (χ1n) is 7.20. The topological polar surface area (TPSA) is 71.5 Å². The first-order chi connectivity index (χ1) is 10.9.